The van der Waals surface area contributed by atoms with Gasteiger partial charge in [0, 0.05) is 5.92 Å². The Bertz CT molecular complexity index is 224. The zero-order valence-electron chi connectivity index (χ0n) is 21.5. The molecule has 0 aromatic carbocycles. The molecule has 2 heteroatoms. The number of hydrogen-bond acceptors (Lipinski definition) is 2. The summed E-state index contributed by atoms with van der Waals surface area (Å²) in [5, 5.41) is 0. The number of carbonyl (C=O) groups is 2. The molecule has 0 aliphatic carbocycles. The second-order valence-electron chi connectivity index (χ2n) is 8.31. The van der Waals surface area contributed by atoms with Crippen LogP contribution in [0.25, 0.3) is 0 Å². The van der Waals surface area contributed by atoms with Gasteiger partial charge in [0.1, 0.15) is 11.6 Å². The Kier molecular flexibility index (Phi) is 54.7. The Morgan fingerprint density at radius 1 is 0.577 bits per heavy atom. The molecule has 0 aromatic heterocycles. The first-order valence-corrected chi connectivity index (χ1v) is 10.6. The molecule has 0 amide bonds. The highest BCUT2D eigenvalue weighted by Gasteiger charge is 1.95. The van der Waals surface area contributed by atoms with Gasteiger partial charge in [0.25, 0.3) is 0 Å². The molecule has 0 aliphatic heterocycles. The van der Waals surface area contributed by atoms with Crippen molar-refractivity contribution in [2.45, 2.75) is 124 Å². The fraction of sp³-hybridized carbons (Fsp3) is 0.917. The summed E-state index contributed by atoms with van der Waals surface area (Å²) in [5.41, 5.74) is 0. The van der Waals surface area contributed by atoms with E-state index in [1.165, 1.54) is 26.7 Å². The van der Waals surface area contributed by atoms with Gasteiger partial charge >= 0.3 is 0 Å². The number of hydrogen-bond donors (Lipinski definition) is 0. The van der Waals surface area contributed by atoms with Gasteiger partial charge in [-0.05, 0) is 38.5 Å². The maximum Gasteiger partial charge on any atom is 0.132 e. The molecule has 0 unspecified atom stereocenters. The van der Waals surface area contributed by atoms with Crippen LogP contribution < -0.4 is 0 Å². The highest BCUT2D eigenvalue weighted by molar-refractivity contribution is 5.77. The average Bonchev–Trinajstić information content (AvgIpc) is 2.39. The van der Waals surface area contributed by atoms with Gasteiger partial charge in [0.15, 0.2) is 0 Å². The van der Waals surface area contributed by atoms with Gasteiger partial charge < -0.3 is 4.79 Å². The van der Waals surface area contributed by atoms with Crippen LogP contribution in [-0.2, 0) is 9.59 Å². The first kappa shape index (κ1) is 40.1. The molecule has 0 N–H and O–H groups in total. The Hall–Kier alpha value is -0.660. The van der Waals surface area contributed by atoms with Crippen LogP contribution in [0.4, 0.5) is 0 Å². The molecule has 26 heavy (non-hydrogen) atoms. The third-order valence-corrected chi connectivity index (χ3v) is 2.15. The van der Waals surface area contributed by atoms with E-state index in [-0.39, 0.29) is 17.5 Å². The summed E-state index contributed by atoms with van der Waals surface area (Å²) in [7, 11) is 0. The van der Waals surface area contributed by atoms with Crippen LogP contribution in [0.15, 0.2) is 0 Å². The van der Waals surface area contributed by atoms with Crippen molar-refractivity contribution >= 4 is 11.6 Å². The fourth-order valence-corrected chi connectivity index (χ4v) is 0. The second kappa shape index (κ2) is 35.4. The van der Waals surface area contributed by atoms with E-state index in [2.05, 4.69) is 76.2 Å². The largest absolute Gasteiger partial charge is 0.300 e. The van der Waals surface area contributed by atoms with E-state index in [1.54, 1.807) is 6.92 Å². The summed E-state index contributed by atoms with van der Waals surface area (Å²) >= 11 is 0. The van der Waals surface area contributed by atoms with Crippen molar-refractivity contribution < 1.29 is 9.59 Å². The standard InChI is InChI=1S/C6H14.C5H10O.C4H10.C3H6O.2C3H8/c1-5(2)6(3)4;1-4(2)5(3)6;1-4(2)3;1-3(2)4;2*1-3-2/h5-6H,1-4H3;4H,1-3H3;4H,1-3H3;1-2H3;2*3H2,1-2H3. The lowest BCUT2D eigenvalue weighted by Crippen LogP contribution is -1.98. The van der Waals surface area contributed by atoms with Crippen molar-refractivity contribution in [2.75, 3.05) is 0 Å². The lowest BCUT2D eigenvalue weighted by atomic mass is 10.0. The normalized spacial score (nSPS) is 8.46. The monoisotopic (exact) mass is 376 g/mol. The van der Waals surface area contributed by atoms with Gasteiger partial charge in [-0.2, -0.15) is 0 Å². The number of ketones is 2. The zero-order valence-corrected chi connectivity index (χ0v) is 21.5. The first-order valence-electron chi connectivity index (χ1n) is 10.6. The molecule has 0 saturated heterocycles. The average molecular weight is 377 g/mol. The Balaban J connectivity index is -0.0000000473. The van der Waals surface area contributed by atoms with E-state index in [0.29, 0.717) is 0 Å². The van der Waals surface area contributed by atoms with E-state index in [1.807, 2.05) is 13.8 Å². The smallest absolute Gasteiger partial charge is 0.132 e. The van der Waals surface area contributed by atoms with Gasteiger partial charge in [-0.3, -0.25) is 4.79 Å². The summed E-state index contributed by atoms with van der Waals surface area (Å²) in [5.74, 6) is 3.18. The Labute approximate surface area is 168 Å². The topological polar surface area (TPSA) is 34.1 Å². The van der Waals surface area contributed by atoms with Crippen molar-refractivity contribution in [3.05, 3.63) is 0 Å². The number of carbonyl (C=O) groups excluding carboxylic acids is 2. The van der Waals surface area contributed by atoms with Crippen molar-refractivity contribution in [1.82, 2.24) is 0 Å². The lowest BCUT2D eigenvalue weighted by Gasteiger charge is -2.05. The minimum absolute atomic E-state index is 0.167. The highest BCUT2D eigenvalue weighted by Crippen LogP contribution is 2.05. The molecule has 0 aliphatic rings. The minimum Gasteiger partial charge on any atom is -0.300 e. The molecule has 0 rings (SSSR count). The molecule has 0 fully saturated rings. The quantitative estimate of drug-likeness (QED) is 0.483. The first-order chi connectivity index (χ1) is 11.6. The van der Waals surface area contributed by atoms with Gasteiger partial charge in [-0.15, -0.1) is 0 Å². The highest BCUT2D eigenvalue weighted by atomic mass is 16.1. The summed E-state index contributed by atoms with van der Waals surface area (Å²) in [6, 6.07) is 0. The fourth-order valence-electron chi connectivity index (χ4n) is 0. The van der Waals surface area contributed by atoms with Gasteiger partial charge in [0.2, 0.25) is 0 Å². The van der Waals surface area contributed by atoms with Crippen LogP contribution in [-0.4, -0.2) is 11.6 Å². The maximum absolute atomic E-state index is 10.1. The molecule has 0 radical (unpaired) electrons. The molecule has 0 spiro atoms. The van der Waals surface area contributed by atoms with Crippen molar-refractivity contribution in [2.24, 2.45) is 23.7 Å². The van der Waals surface area contributed by atoms with E-state index in [4.69, 9.17) is 0 Å². The van der Waals surface area contributed by atoms with E-state index < -0.39 is 0 Å². The summed E-state index contributed by atoms with van der Waals surface area (Å²) in [6.45, 7) is 32.4. The van der Waals surface area contributed by atoms with Gasteiger partial charge in [-0.25, -0.2) is 0 Å². The third-order valence-electron chi connectivity index (χ3n) is 2.15. The Morgan fingerprint density at radius 3 is 0.654 bits per heavy atom. The third kappa shape index (κ3) is 216. The number of Topliss-reactive ketones (excluding diaryl/α,β-unsaturated/α-hetero) is 2. The summed E-state index contributed by atoms with van der Waals surface area (Å²) < 4.78 is 0. The van der Waals surface area contributed by atoms with E-state index >= 15 is 0 Å². The minimum atomic E-state index is 0.167. The predicted molar refractivity (Wildman–Crippen MR) is 124 cm³/mol. The van der Waals surface area contributed by atoms with E-state index in [9.17, 15) is 9.59 Å². The molecule has 164 valence electrons. The van der Waals surface area contributed by atoms with Crippen molar-refractivity contribution in [3.8, 4) is 0 Å². The molecular weight excluding hydrogens is 320 g/mol. The van der Waals surface area contributed by atoms with Crippen LogP contribution in [0, 0.1) is 23.7 Å². The van der Waals surface area contributed by atoms with Crippen molar-refractivity contribution in [3.63, 3.8) is 0 Å². The van der Waals surface area contributed by atoms with Gasteiger partial charge in [-0.1, -0.05) is 103 Å². The molecule has 0 heterocycles. The van der Waals surface area contributed by atoms with Crippen LogP contribution in [0.5, 0.6) is 0 Å². The molecule has 2 nitrogen and oxygen atoms in total. The molecular formula is C24H56O2. The predicted octanol–water partition coefficient (Wildman–Crippen LogP) is 8.62. The van der Waals surface area contributed by atoms with E-state index in [0.717, 1.165) is 17.8 Å². The van der Waals surface area contributed by atoms with Gasteiger partial charge in [0.05, 0.1) is 0 Å². The molecule has 0 aromatic rings. The Morgan fingerprint density at radius 2 is 0.654 bits per heavy atom. The molecule has 0 saturated carbocycles. The molecule has 0 atom stereocenters. The molecule has 0 bridgehead atoms. The van der Waals surface area contributed by atoms with Crippen molar-refractivity contribution in [1.29, 1.82) is 0 Å². The lowest BCUT2D eigenvalue weighted by molar-refractivity contribution is -0.119. The van der Waals surface area contributed by atoms with Crippen LogP contribution in [0.2, 0.25) is 0 Å². The maximum atomic E-state index is 10.1. The second-order valence-corrected chi connectivity index (χ2v) is 8.31. The van der Waals surface area contributed by atoms with Crippen LogP contribution in [0.3, 0.4) is 0 Å². The summed E-state index contributed by atoms with van der Waals surface area (Å²) in [4.78, 5) is 19.6. The SMILES string of the molecule is CC(=O)C(C)C.CC(C)=O.CC(C)C.CC(C)C(C)C.CCC.CCC. The number of rotatable bonds is 2. The van der Waals surface area contributed by atoms with Crippen LogP contribution >= 0.6 is 0 Å². The summed E-state index contributed by atoms with van der Waals surface area (Å²) in [6.07, 6.45) is 2.50. The zero-order chi connectivity index (χ0) is 22.9. The van der Waals surface area contributed by atoms with Crippen LogP contribution in [0.1, 0.15) is 124 Å².